The van der Waals surface area contributed by atoms with Crippen molar-refractivity contribution >= 4 is 11.6 Å². The zero-order chi connectivity index (χ0) is 22.1. The molecule has 32 heavy (non-hydrogen) atoms. The van der Waals surface area contributed by atoms with E-state index in [1.54, 1.807) is 0 Å². The largest absolute Gasteiger partial charge is 0.481 e. The van der Waals surface area contributed by atoms with Crippen LogP contribution in [-0.2, 0) is 11.3 Å². The lowest BCUT2D eigenvalue weighted by Crippen LogP contribution is -2.36. The fraction of sp³-hybridized carbons (Fsp3) is 0.259. The van der Waals surface area contributed by atoms with E-state index in [0.717, 1.165) is 47.8 Å². The van der Waals surface area contributed by atoms with Gasteiger partial charge in [-0.1, -0.05) is 60.7 Å². The first-order chi connectivity index (χ1) is 15.6. The van der Waals surface area contributed by atoms with E-state index < -0.39 is 5.97 Å². The number of hydrogen-bond donors (Lipinski definition) is 1. The van der Waals surface area contributed by atoms with E-state index in [-0.39, 0.29) is 5.92 Å². The summed E-state index contributed by atoms with van der Waals surface area (Å²) in [6.45, 7) is 4.43. The average molecular weight is 426 g/mol. The Morgan fingerprint density at radius 1 is 0.938 bits per heavy atom. The molecule has 1 saturated heterocycles. The minimum Gasteiger partial charge on any atom is -0.481 e. The lowest BCUT2D eigenvalue weighted by molar-refractivity contribution is -0.143. The molecule has 5 nitrogen and oxygen atoms in total. The van der Waals surface area contributed by atoms with Gasteiger partial charge in [0.2, 0.25) is 0 Å². The summed E-state index contributed by atoms with van der Waals surface area (Å²) in [5.74, 6) is -0.894. The van der Waals surface area contributed by atoms with Crippen molar-refractivity contribution < 1.29 is 9.90 Å². The van der Waals surface area contributed by atoms with Crippen molar-refractivity contribution in [2.45, 2.75) is 26.3 Å². The number of aliphatic carboxylic acids is 1. The first-order valence-corrected chi connectivity index (χ1v) is 11.2. The quantitative estimate of drug-likeness (QED) is 0.473. The van der Waals surface area contributed by atoms with Gasteiger partial charge in [0.1, 0.15) is 5.65 Å². The van der Waals surface area contributed by atoms with E-state index in [0.29, 0.717) is 12.8 Å². The number of pyridine rings is 1. The van der Waals surface area contributed by atoms with Gasteiger partial charge >= 0.3 is 5.97 Å². The van der Waals surface area contributed by atoms with Crippen molar-refractivity contribution in [1.29, 1.82) is 0 Å². The van der Waals surface area contributed by atoms with Crippen LogP contribution < -0.4 is 0 Å². The van der Waals surface area contributed by atoms with E-state index in [9.17, 15) is 9.90 Å². The molecule has 3 heterocycles. The van der Waals surface area contributed by atoms with Crippen LogP contribution in [0, 0.1) is 12.8 Å². The number of fused-ring (bicyclic) bond motifs is 1. The number of hydrogen-bond acceptors (Lipinski definition) is 3. The third-order valence-corrected chi connectivity index (χ3v) is 6.52. The topological polar surface area (TPSA) is 57.8 Å². The van der Waals surface area contributed by atoms with Gasteiger partial charge in [0.15, 0.2) is 0 Å². The van der Waals surface area contributed by atoms with Gasteiger partial charge in [0.05, 0.1) is 17.3 Å². The Kier molecular flexibility index (Phi) is 5.50. The highest BCUT2D eigenvalue weighted by Gasteiger charge is 2.26. The Bertz CT molecular complexity index is 1240. The number of benzene rings is 2. The SMILES string of the molecule is Cc1cccn2c(CN3CCC(C(=O)O)CC3)c(-c3ccc(-c4ccccc4)cc3)nc12. The molecule has 5 heteroatoms. The molecule has 0 spiro atoms. The number of carboxylic acid groups (broad SMARTS) is 1. The molecule has 0 saturated carbocycles. The molecule has 2 aromatic heterocycles. The van der Waals surface area contributed by atoms with E-state index >= 15 is 0 Å². The maximum atomic E-state index is 11.3. The van der Waals surface area contributed by atoms with Gasteiger partial charge < -0.3 is 9.51 Å². The lowest BCUT2D eigenvalue weighted by atomic mass is 9.97. The Hall–Kier alpha value is -3.44. The van der Waals surface area contributed by atoms with Crippen LogP contribution in [0.1, 0.15) is 24.1 Å². The van der Waals surface area contributed by atoms with Gasteiger partial charge in [-0.05, 0) is 55.6 Å². The first-order valence-electron chi connectivity index (χ1n) is 11.2. The summed E-state index contributed by atoms with van der Waals surface area (Å²) in [5, 5.41) is 9.32. The predicted octanol–water partition coefficient (Wildman–Crippen LogP) is 5.27. The Morgan fingerprint density at radius 2 is 1.59 bits per heavy atom. The zero-order valence-electron chi connectivity index (χ0n) is 18.2. The number of nitrogens with zero attached hydrogens (tertiary/aromatic N) is 3. The van der Waals surface area contributed by atoms with E-state index in [1.807, 2.05) is 6.07 Å². The second-order valence-electron chi connectivity index (χ2n) is 8.62. The minimum atomic E-state index is -0.672. The number of carbonyl (C=O) groups is 1. The summed E-state index contributed by atoms with van der Waals surface area (Å²) >= 11 is 0. The molecule has 162 valence electrons. The number of likely N-dealkylation sites (tertiary alicyclic amines) is 1. The van der Waals surface area contributed by atoms with E-state index in [1.165, 1.54) is 11.1 Å². The molecule has 0 atom stereocenters. The molecular formula is C27H27N3O2. The average Bonchev–Trinajstić information content (AvgIpc) is 3.20. The van der Waals surface area contributed by atoms with Gasteiger partial charge in [-0.2, -0.15) is 0 Å². The summed E-state index contributed by atoms with van der Waals surface area (Å²) in [6.07, 6.45) is 3.48. The normalized spacial score (nSPS) is 15.3. The smallest absolute Gasteiger partial charge is 0.306 e. The lowest BCUT2D eigenvalue weighted by Gasteiger charge is -2.30. The molecule has 0 radical (unpaired) electrons. The standard InChI is InChI=1S/C27H27N3O2/c1-19-6-5-15-30-24(18-29-16-13-23(14-17-29)27(31)32)25(28-26(19)30)22-11-9-21(10-12-22)20-7-3-2-4-8-20/h2-12,15,23H,13-14,16-18H2,1H3,(H,31,32). The van der Waals surface area contributed by atoms with E-state index in [4.69, 9.17) is 4.98 Å². The van der Waals surface area contributed by atoms with Crippen LogP contribution in [0.5, 0.6) is 0 Å². The number of aryl methyl sites for hydroxylation is 1. The molecule has 1 aliphatic rings. The molecule has 4 aromatic rings. The summed E-state index contributed by atoms with van der Waals surface area (Å²) in [4.78, 5) is 18.7. The number of rotatable bonds is 5. The van der Waals surface area contributed by atoms with Gasteiger partial charge in [0.25, 0.3) is 0 Å². The summed E-state index contributed by atoms with van der Waals surface area (Å²) in [7, 11) is 0. The van der Waals surface area contributed by atoms with Crippen LogP contribution in [-0.4, -0.2) is 38.4 Å². The molecule has 0 bridgehead atoms. The molecule has 1 N–H and O–H groups in total. The third-order valence-electron chi connectivity index (χ3n) is 6.52. The summed E-state index contributed by atoms with van der Waals surface area (Å²) < 4.78 is 2.19. The van der Waals surface area contributed by atoms with Gasteiger partial charge in [-0.15, -0.1) is 0 Å². The van der Waals surface area contributed by atoms with Gasteiger partial charge in [-0.25, -0.2) is 4.98 Å². The van der Waals surface area contributed by atoms with Gasteiger partial charge in [-0.3, -0.25) is 9.69 Å². The van der Waals surface area contributed by atoms with Crippen LogP contribution in [0.25, 0.3) is 28.0 Å². The molecule has 1 aliphatic heterocycles. The van der Waals surface area contributed by atoms with Crippen LogP contribution in [0.4, 0.5) is 0 Å². The number of piperidine rings is 1. The Labute approximate surface area is 188 Å². The summed E-state index contributed by atoms with van der Waals surface area (Å²) in [5.41, 5.74) is 7.76. The van der Waals surface area contributed by atoms with Crippen LogP contribution in [0.2, 0.25) is 0 Å². The van der Waals surface area contributed by atoms with Crippen LogP contribution >= 0.6 is 0 Å². The number of imidazole rings is 1. The highest BCUT2D eigenvalue weighted by atomic mass is 16.4. The molecule has 0 aliphatic carbocycles. The first kappa shape index (κ1) is 20.5. The zero-order valence-corrected chi connectivity index (χ0v) is 18.2. The second-order valence-corrected chi connectivity index (χ2v) is 8.62. The van der Waals surface area contributed by atoms with Crippen molar-refractivity contribution in [2.24, 2.45) is 5.92 Å². The Balaban J connectivity index is 1.49. The van der Waals surface area contributed by atoms with E-state index in [2.05, 4.69) is 83.1 Å². The maximum absolute atomic E-state index is 11.3. The molecular weight excluding hydrogens is 398 g/mol. The maximum Gasteiger partial charge on any atom is 0.306 e. The number of carboxylic acids is 1. The van der Waals surface area contributed by atoms with Crippen molar-refractivity contribution in [3.8, 4) is 22.4 Å². The van der Waals surface area contributed by atoms with Crippen molar-refractivity contribution in [1.82, 2.24) is 14.3 Å². The van der Waals surface area contributed by atoms with Crippen molar-refractivity contribution in [3.63, 3.8) is 0 Å². The molecule has 0 amide bonds. The predicted molar refractivity (Wildman–Crippen MR) is 126 cm³/mol. The minimum absolute atomic E-state index is 0.222. The highest BCUT2D eigenvalue weighted by Crippen LogP contribution is 2.30. The van der Waals surface area contributed by atoms with Crippen LogP contribution in [0.15, 0.2) is 72.9 Å². The summed E-state index contributed by atoms with van der Waals surface area (Å²) in [6, 6.07) is 23.2. The molecule has 1 fully saturated rings. The van der Waals surface area contributed by atoms with Gasteiger partial charge in [0, 0.05) is 18.3 Å². The highest BCUT2D eigenvalue weighted by molar-refractivity contribution is 5.72. The fourth-order valence-electron chi connectivity index (χ4n) is 4.64. The number of aromatic nitrogens is 2. The van der Waals surface area contributed by atoms with Crippen molar-refractivity contribution in [2.75, 3.05) is 13.1 Å². The second kappa shape index (κ2) is 8.60. The molecule has 5 rings (SSSR count). The molecule has 2 aromatic carbocycles. The third kappa shape index (κ3) is 3.92. The monoisotopic (exact) mass is 425 g/mol. The fourth-order valence-corrected chi connectivity index (χ4v) is 4.64. The Morgan fingerprint density at radius 3 is 2.28 bits per heavy atom. The van der Waals surface area contributed by atoms with Crippen LogP contribution in [0.3, 0.4) is 0 Å². The van der Waals surface area contributed by atoms with Crippen molar-refractivity contribution in [3.05, 3.63) is 84.2 Å². The molecule has 0 unspecified atom stereocenters.